The number of hydrogen-bond donors (Lipinski definition) is 2. The summed E-state index contributed by atoms with van der Waals surface area (Å²) in [5.41, 5.74) is -1.29. The molecule has 3 aromatic rings. The predicted octanol–water partition coefficient (Wildman–Crippen LogP) is 7.22. The lowest BCUT2D eigenvalue weighted by Gasteiger charge is -2.18. The number of hydrogen-bond acceptors (Lipinski definition) is 3. The van der Waals surface area contributed by atoms with Crippen molar-refractivity contribution < 1.29 is 35.9 Å². The third-order valence-corrected chi connectivity index (χ3v) is 7.01. The third-order valence-electron chi connectivity index (χ3n) is 5.87. The van der Waals surface area contributed by atoms with E-state index in [0.29, 0.717) is 35.1 Å². The van der Waals surface area contributed by atoms with Crippen LogP contribution >= 0.6 is 11.8 Å². The molecule has 0 atom stereocenters. The summed E-state index contributed by atoms with van der Waals surface area (Å²) in [6, 6.07) is 12.9. The normalized spacial score (nSPS) is 13.4. The summed E-state index contributed by atoms with van der Waals surface area (Å²) in [6.45, 7) is -0.0755. The highest BCUT2D eigenvalue weighted by molar-refractivity contribution is 7.99. The fraction of sp³-hybridized carbons (Fsp3) is 0.231. The van der Waals surface area contributed by atoms with Gasteiger partial charge in [0.15, 0.2) is 0 Å². The molecule has 38 heavy (non-hydrogen) atoms. The first-order chi connectivity index (χ1) is 17.8. The van der Waals surface area contributed by atoms with Gasteiger partial charge in [-0.05, 0) is 66.9 Å². The van der Waals surface area contributed by atoms with Crippen LogP contribution in [0.2, 0.25) is 0 Å². The van der Waals surface area contributed by atoms with Crippen LogP contribution in [0.4, 0.5) is 42.5 Å². The number of alkyl halides is 6. The molecule has 0 saturated carbocycles. The largest absolute Gasteiger partial charge is 0.416 e. The van der Waals surface area contributed by atoms with E-state index in [2.05, 4.69) is 10.6 Å². The summed E-state index contributed by atoms with van der Waals surface area (Å²) >= 11 is 1.42. The van der Waals surface area contributed by atoms with E-state index in [1.165, 1.54) is 16.7 Å². The molecule has 200 valence electrons. The van der Waals surface area contributed by atoms with Crippen molar-refractivity contribution in [3.63, 3.8) is 0 Å². The van der Waals surface area contributed by atoms with E-state index >= 15 is 0 Å². The Morgan fingerprint density at radius 3 is 2.37 bits per heavy atom. The molecule has 0 spiro atoms. The van der Waals surface area contributed by atoms with E-state index < -0.39 is 35.1 Å². The van der Waals surface area contributed by atoms with Gasteiger partial charge in [0, 0.05) is 29.1 Å². The van der Waals surface area contributed by atoms with Crippen LogP contribution < -0.4 is 15.5 Å². The zero-order valence-electron chi connectivity index (χ0n) is 19.8. The van der Waals surface area contributed by atoms with Crippen LogP contribution in [0.5, 0.6) is 0 Å². The molecule has 0 saturated heterocycles. The predicted molar refractivity (Wildman–Crippen MR) is 132 cm³/mol. The summed E-state index contributed by atoms with van der Waals surface area (Å²) in [7, 11) is 1.62. The molecular formula is C26H21F6N3O2S. The van der Waals surface area contributed by atoms with Gasteiger partial charge in [-0.1, -0.05) is 23.9 Å². The van der Waals surface area contributed by atoms with E-state index in [1.54, 1.807) is 37.4 Å². The van der Waals surface area contributed by atoms with Crippen LogP contribution in [0.3, 0.4) is 0 Å². The second kappa shape index (κ2) is 10.6. The Bertz CT molecular complexity index is 1370. The van der Waals surface area contributed by atoms with Gasteiger partial charge >= 0.3 is 18.4 Å². The molecule has 12 heteroatoms. The van der Waals surface area contributed by atoms with Crippen molar-refractivity contribution in [2.45, 2.75) is 35.0 Å². The molecule has 1 aliphatic heterocycles. The van der Waals surface area contributed by atoms with E-state index in [4.69, 9.17) is 0 Å². The molecule has 0 radical (unpaired) electrons. The van der Waals surface area contributed by atoms with Crippen molar-refractivity contribution in [1.29, 1.82) is 0 Å². The zero-order valence-corrected chi connectivity index (χ0v) is 20.7. The highest BCUT2D eigenvalue weighted by Crippen LogP contribution is 2.42. The first-order valence-electron chi connectivity index (χ1n) is 11.4. The summed E-state index contributed by atoms with van der Waals surface area (Å²) in [5.74, 6) is -0.207. The Morgan fingerprint density at radius 1 is 0.921 bits per heavy atom. The molecule has 0 bridgehead atoms. The lowest BCUT2D eigenvalue weighted by atomic mass is 9.99. The minimum atomic E-state index is -4.80. The molecule has 0 fully saturated rings. The van der Waals surface area contributed by atoms with Crippen LogP contribution in [0, 0.1) is 0 Å². The van der Waals surface area contributed by atoms with Gasteiger partial charge in [0.25, 0.3) is 5.91 Å². The maximum atomic E-state index is 13.2. The number of fused-ring (bicyclic) bond motifs is 2. The third kappa shape index (κ3) is 6.07. The maximum absolute atomic E-state index is 13.2. The maximum Gasteiger partial charge on any atom is 0.416 e. The van der Waals surface area contributed by atoms with E-state index in [-0.39, 0.29) is 25.3 Å². The van der Waals surface area contributed by atoms with Crippen molar-refractivity contribution >= 4 is 35.1 Å². The first-order valence-corrected chi connectivity index (χ1v) is 12.2. The van der Waals surface area contributed by atoms with Gasteiger partial charge in [-0.3, -0.25) is 4.79 Å². The number of anilines is 2. The molecule has 0 unspecified atom stereocenters. The van der Waals surface area contributed by atoms with Crippen molar-refractivity contribution in [1.82, 2.24) is 5.32 Å². The Labute approximate surface area is 218 Å². The molecule has 0 aliphatic carbocycles. The molecular weight excluding hydrogens is 532 g/mol. The zero-order chi connectivity index (χ0) is 27.7. The molecule has 1 heterocycles. The van der Waals surface area contributed by atoms with Gasteiger partial charge in [0.1, 0.15) is 0 Å². The lowest BCUT2D eigenvalue weighted by Crippen LogP contribution is -2.30. The summed E-state index contributed by atoms with van der Waals surface area (Å²) in [4.78, 5) is 28.3. The minimum absolute atomic E-state index is 0.0197. The van der Waals surface area contributed by atoms with Crippen LogP contribution in [-0.2, 0) is 18.8 Å². The SMILES string of the molecule is CN1C(=O)c2ccccc2Sc2ccc(NC(=O)NCCCc3cc(C(F)(F)F)ccc3C(F)(F)F)cc21. The number of halogens is 6. The van der Waals surface area contributed by atoms with Crippen molar-refractivity contribution in [3.8, 4) is 0 Å². The standard InChI is InChI=1S/C26H21F6N3O2S/c1-35-20-14-17(9-11-22(20)38-21-7-3-2-6-18(21)23(35)36)34-24(37)33-12-4-5-15-13-16(25(27,28)29)8-10-19(15)26(30,31)32/h2-3,6-11,13-14H,4-5,12H2,1H3,(H2,33,34,37). The van der Waals surface area contributed by atoms with Gasteiger partial charge < -0.3 is 15.5 Å². The smallest absolute Gasteiger partial charge is 0.338 e. The Hall–Kier alpha value is -3.67. The molecule has 1 aliphatic rings. The minimum Gasteiger partial charge on any atom is -0.338 e. The molecule has 5 nitrogen and oxygen atoms in total. The van der Waals surface area contributed by atoms with Crippen molar-refractivity contribution in [3.05, 3.63) is 82.9 Å². The number of urea groups is 1. The van der Waals surface area contributed by atoms with Gasteiger partial charge in [-0.15, -0.1) is 0 Å². The summed E-state index contributed by atoms with van der Waals surface area (Å²) in [6.07, 6.45) is -9.91. The number of carbonyl (C=O) groups excluding carboxylic acids is 2. The van der Waals surface area contributed by atoms with Crippen molar-refractivity contribution in [2.75, 3.05) is 23.8 Å². The van der Waals surface area contributed by atoms with Crippen LogP contribution in [0.15, 0.2) is 70.5 Å². The number of benzene rings is 3. The van der Waals surface area contributed by atoms with E-state index in [1.807, 2.05) is 12.1 Å². The molecule has 3 amide bonds. The topological polar surface area (TPSA) is 61.4 Å². The Morgan fingerprint density at radius 2 is 1.66 bits per heavy atom. The van der Waals surface area contributed by atoms with E-state index in [0.717, 1.165) is 9.79 Å². The quantitative estimate of drug-likeness (QED) is 0.259. The molecule has 3 aromatic carbocycles. The number of amides is 3. The lowest BCUT2D eigenvalue weighted by molar-refractivity contribution is -0.141. The van der Waals surface area contributed by atoms with Crippen molar-refractivity contribution in [2.24, 2.45) is 0 Å². The first kappa shape index (κ1) is 27.4. The molecule has 4 rings (SSSR count). The fourth-order valence-electron chi connectivity index (χ4n) is 3.99. The highest BCUT2D eigenvalue weighted by atomic mass is 32.2. The summed E-state index contributed by atoms with van der Waals surface area (Å²) in [5, 5.41) is 5.10. The highest BCUT2D eigenvalue weighted by Gasteiger charge is 2.36. The number of aryl methyl sites for hydroxylation is 1. The average molecular weight is 554 g/mol. The van der Waals surface area contributed by atoms with E-state index in [9.17, 15) is 35.9 Å². The monoisotopic (exact) mass is 553 g/mol. The summed E-state index contributed by atoms with van der Waals surface area (Å²) < 4.78 is 78.6. The van der Waals surface area contributed by atoms with Gasteiger partial charge in [-0.25, -0.2) is 4.79 Å². The second-order valence-electron chi connectivity index (χ2n) is 8.50. The van der Waals surface area contributed by atoms with Crippen LogP contribution in [-0.4, -0.2) is 25.5 Å². The van der Waals surface area contributed by atoms with Crippen LogP contribution in [0.1, 0.15) is 33.5 Å². The van der Waals surface area contributed by atoms with Gasteiger partial charge in [0.2, 0.25) is 0 Å². The Balaban J connectivity index is 1.38. The van der Waals surface area contributed by atoms with Crippen LogP contribution in [0.25, 0.3) is 0 Å². The number of carbonyl (C=O) groups is 2. The molecule has 0 aromatic heterocycles. The van der Waals surface area contributed by atoms with Gasteiger partial charge in [-0.2, -0.15) is 26.3 Å². The average Bonchev–Trinajstić information content (AvgIpc) is 2.95. The number of rotatable bonds is 5. The second-order valence-corrected chi connectivity index (χ2v) is 9.58. The Kier molecular flexibility index (Phi) is 7.63. The molecule has 2 N–H and O–H groups in total. The number of nitrogens with one attached hydrogen (secondary N) is 2. The van der Waals surface area contributed by atoms with Gasteiger partial charge in [0.05, 0.1) is 22.4 Å². The number of nitrogens with zero attached hydrogens (tertiary/aromatic N) is 1. The fourth-order valence-corrected chi connectivity index (χ4v) is 5.08.